The summed E-state index contributed by atoms with van der Waals surface area (Å²) in [5.41, 5.74) is 2.72. The minimum Gasteiger partial charge on any atom is -1.00 e. The van der Waals surface area contributed by atoms with Gasteiger partial charge in [0.25, 0.3) is 0 Å². The molecule has 0 atom stereocenters. The molecular weight excluding hydrogens is 276 g/mol. The zero-order valence-electron chi connectivity index (χ0n) is 15.3. The van der Waals surface area contributed by atoms with Gasteiger partial charge in [-0.25, -0.2) is 4.79 Å². The van der Waals surface area contributed by atoms with Crippen LogP contribution in [0.1, 0.15) is 64.9 Å². The van der Waals surface area contributed by atoms with Crippen LogP contribution in [-0.2, 0) is 12.8 Å². The standard InChI is InChI=1S/C17H26O2.Ca.2H/c1-12(2)5-7-14-8-10-16(17(18)19)15(11-14)9-6-13(3)4;;;/h8,10-13H,5-7,9H2,1-4H3,(H,18,19);;;/q;+2;2*-1. The summed E-state index contributed by atoms with van der Waals surface area (Å²) in [6, 6.07) is 5.83. The van der Waals surface area contributed by atoms with Crippen LogP contribution in [0.15, 0.2) is 18.2 Å². The predicted octanol–water partition coefficient (Wildman–Crippen LogP) is 4.41. The monoisotopic (exact) mass is 304 g/mol. The molecule has 1 aromatic carbocycles. The molecule has 0 fully saturated rings. The molecule has 0 saturated heterocycles. The third-order valence-corrected chi connectivity index (χ3v) is 3.40. The third-order valence-electron chi connectivity index (χ3n) is 3.40. The maximum atomic E-state index is 11.2. The second-order valence-corrected chi connectivity index (χ2v) is 6.16. The van der Waals surface area contributed by atoms with E-state index in [0.29, 0.717) is 17.4 Å². The molecule has 0 heterocycles. The number of aromatic carboxylic acids is 1. The fraction of sp³-hybridized carbons (Fsp3) is 0.588. The van der Waals surface area contributed by atoms with Crippen molar-refractivity contribution in [2.45, 2.75) is 53.4 Å². The van der Waals surface area contributed by atoms with Crippen LogP contribution in [0, 0.1) is 11.8 Å². The van der Waals surface area contributed by atoms with Crippen molar-refractivity contribution >= 4 is 43.7 Å². The number of carboxylic acid groups (broad SMARTS) is 1. The molecule has 110 valence electrons. The SMILES string of the molecule is CC(C)CCc1ccc(C(=O)O)c(CCC(C)C)c1.[Ca+2].[H-].[H-]. The first-order valence-electron chi connectivity index (χ1n) is 7.25. The number of hydrogen-bond acceptors (Lipinski definition) is 1. The van der Waals surface area contributed by atoms with E-state index >= 15 is 0 Å². The Balaban J connectivity index is -0.00000120. The molecule has 0 aromatic heterocycles. The fourth-order valence-corrected chi connectivity index (χ4v) is 2.12. The van der Waals surface area contributed by atoms with Crippen molar-refractivity contribution in [1.82, 2.24) is 0 Å². The maximum absolute atomic E-state index is 11.2. The number of aryl methyl sites for hydroxylation is 2. The van der Waals surface area contributed by atoms with Gasteiger partial charge in [0.2, 0.25) is 0 Å². The van der Waals surface area contributed by atoms with Crippen LogP contribution in [0.3, 0.4) is 0 Å². The molecular formula is C17H28CaO2. The molecule has 3 heteroatoms. The van der Waals surface area contributed by atoms with Crippen LogP contribution in [-0.4, -0.2) is 48.8 Å². The maximum Gasteiger partial charge on any atom is 2.00 e. The third kappa shape index (κ3) is 7.10. The number of rotatable bonds is 7. The van der Waals surface area contributed by atoms with Gasteiger partial charge in [0.1, 0.15) is 0 Å². The van der Waals surface area contributed by atoms with Crippen molar-refractivity contribution in [2.24, 2.45) is 11.8 Å². The van der Waals surface area contributed by atoms with E-state index in [1.807, 2.05) is 6.07 Å². The zero-order chi connectivity index (χ0) is 14.4. The molecule has 0 bridgehead atoms. The van der Waals surface area contributed by atoms with Crippen LogP contribution in [0.25, 0.3) is 0 Å². The molecule has 0 aliphatic carbocycles. The van der Waals surface area contributed by atoms with Gasteiger partial charge in [0.05, 0.1) is 5.56 Å². The number of carboxylic acids is 1. The van der Waals surface area contributed by atoms with Crippen molar-refractivity contribution in [1.29, 1.82) is 0 Å². The summed E-state index contributed by atoms with van der Waals surface area (Å²) in [6.07, 6.45) is 4.07. The van der Waals surface area contributed by atoms with Gasteiger partial charge in [-0.2, -0.15) is 0 Å². The topological polar surface area (TPSA) is 37.3 Å². The molecule has 0 amide bonds. The summed E-state index contributed by atoms with van der Waals surface area (Å²) < 4.78 is 0. The second kappa shape index (κ2) is 9.81. The van der Waals surface area contributed by atoms with Crippen molar-refractivity contribution in [3.63, 3.8) is 0 Å². The first kappa shape index (κ1) is 19.9. The quantitative estimate of drug-likeness (QED) is 0.758. The molecule has 20 heavy (non-hydrogen) atoms. The Morgan fingerprint density at radius 3 is 2.15 bits per heavy atom. The van der Waals surface area contributed by atoms with Crippen LogP contribution in [0.4, 0.5) is 0 Å². The summed E-state index contributed by atoms with van der Waals surface area (Å²) in [4.78, 5) is 11.2. The van der Waals surface area contributed by atoms with E-state index in [-0.39, 0.29) is 40.6 Å². The van der Waals surface area contributed by atoms with Gasteiger partial charge in [-0.3, -0.25) is 0 Å². The molecule has 0 saturated carbocycles. The van der Waals surface area contributed by atoms with E-state index in [0.717, 1.165) is 31.2 Å². The first-order chi connectivity index (χ1) is 8.90. The van der Waals surface area contributed by atoms with Crippen LogP contribution in [0.5, 0.6) is 0 Å². The Bertz CT molecular complexity index is 435. The van der Waals surface area contributed by atoms with Gasteiger partial charge in [0, 0.05) is 0 Å². The summed E-state index contributed by atoms with van der Waals surface area (Å²) >= 11 is 0. The normalized spacial score (nSPS) is 10.7. The van der Waals surface area contributed by atoms with Gasteiger partial charge in [-0.1, -0.05) is 39.8 Å². The molecule has 0 spiro atoms. The number of benzene rings is 1. The van der Waals surface area contributed by atoms with E-state index in [2.05, 4.69) is 33.8 Å². The summed E-state index contributed by atoms with van der Waals surface area (Å²) in [7, 11) is 0. The van der Waals surface area contributed by atoms with E-state index in [9.17, 15) is 9.90 Å². The Morgan fingerprint density at radius 2 is 1.65 bits per heavy atom. The molecule has 1 rings (SSSR count). The largest absolute Gasteiger partial charge is 2.00 e. The first-order valence-corrected chi connectivity index (χ1v) is 7.25. The van der Waals surface area contributed by atoms with Crippen molar-refractivity contribution < 1.29 is 12.8 Å². The minimum atomic E-state index is -0.811. The Morgan fingerprint density at radius 1 is 1.10 bits per heavy atom. The number of carbonyl (C=O) groups is 1. The van der Waals surface area contributed by atoms with E-state index < -0.39 is 5.97 Å². The van der Waals surface area contributed by atoms with E-state index in [4.69, 9.17) is 0 Å². The van der Waals surface area contributed by atoms with Gasteiger partial charge in [-0.15, -0.1) is 0 Å². The molecule has 1 N–H and O–H groups in total. The smallest absolute Gasteiger partial charge is 1.00 e. The van der Waals surface area contributed by atoms with Gasteiger partial charge in [0.15, 0.2) is 0 Å². The summed E-state index contributed by atoms with van der Waals surface area (Å²) in [5.74, 6) is 0.466. The predicted molar refractivity (Wildman–Crippen MR) is 87.7 cm³/mol. The van der Waals surface area contributed by atoms with Crippen LogP contribution >= 0.6 is 0 Å². The second-order valence-electron chi connectivity index (χ2n) is 6.16. The van der Waals surface area contributed by atoms with Crippen LogP contribution < -0.4 is 0 Å². The number of hydrogen-bond donors (Lipinski definition) is 1. The van der Waals surface area contributed by atoms with E-state index in [1.165, 1.54) is 5.56 Å². The average Bonchev–Trinajstić information content (AvgIpc) is 2.33. The molecule has 0 unspecified atom stereocenters. The molecule has 0 aliphatic rings. The molecule has 0 radical (unpaired) electrons. The van der Waals surface area contributed by atoms with Gasteiger partial charge < -0.3 is 7.96 Å². The minimum absolute atomic E-state index is 0. The van der Waals surface area contributed by atoms with Crippen molar-refractivity contribution in [3.05, 3.63) is 34.9 Å². The van der Waals surface area contributed by atoms with Crippen molar-refractivity contribution in [2.75, 3.05) is 0 Å². The van der Waals surface area contributed by atoms with Crippen molar-refractivity contribution in [3.8, 4) is 0 Å². The molecule has 2 nitrogen and oxygen atoms in total. The Kier molecular flexibility index (Phi) is 9.78. The van der Waals surface area contributed by atoms with E-state index in [1.54, 1.807) is 6.07 Å². The van der Waals surface area contributed by atoms with Gasteiger partial charge >= 0.3 is 43.7 Å². The average molecular weight is 304 g/mol. The fourth-order valence-electron chi connectivity index (χ4n) is 2.12. The zero-order valence-corrected chi connectivity index (χ0v) is 15.5. The molecule has 1 aromatic rings. The summed E-state index contributed by atoms with van der Waals surface area (Å²) in [6.45, 7) is 8.77. The molecule has 0 aliphatic heterocycles. The Labute approximate surface area is 155 Å². The van der Waals surface area contributed by atoms with Crippen LogP contribution in [0.2, 0.25) is 0 Å². The van der Waals surface area contributed by atoms with Gasteiger partial charge in [-0.05, 0) is 54.7 Å². The Hall–Kier alpha value is -0.0503. The summed E-state index contributed by atoms with van der Waals surface area (Å²) in [5, 5.41) is 9.24.